The number of piperidine rings is 2. The van der Waals surface area contributed by atoms with Crippen molar-refractivity contribution in [3.05, 3.63) is 24.3 Å². The predicted octanol–water partition coefficient (Wildman–Crippen LogP) is 4.09. The Labute approximate surface area is 169 Å². The van der Waals surface area contributed by atoms with Crippen LogP contribution in [0.15, 0.2) is 24.3 Å². The second kappa shape index (κ2) is 8.81. The van der Waals surface area contributed by atoms with Gasteiger partial charge in [-0.25, -0.2) is 0 Å². The van der Waals surface area contributed by atoms with Gasteiger partial charge in [-0.1, -0.05) is 13.0 Å². The average molecular weight is 400 g/mol. The van der Waals surface area contributed by atoms with Crippen molar-refractivity contribution in [2.45, 2.75) is 39.0 Å². The van der Waals surface area contributed by atoms with Crippen LogP contribution in [-0.2, 0) is 4.79 Å². The van der Waals surface area contributed by atoms with Crippen molar-refractivity contribution < 1.29 is 4.79 Å². The van der Waals surface area contributed by atoms with E-state index in [9.17, 15) is 4.79 Å². The fourth-order valence-corrected chi connectivity index (χ4v) is 4.47. The number of rotatable bonds is 3. The third kappa shape index (κ3) is 4.47. The zero-order valence-electron chi connectivity index (χ0n) is 15.5. The lowest BCUT2D eigenvalue weighted by atomic mass is 9.92. The molecule has 2 aliphatic heterocycles. The van der Waals surface area contributed by atoms with Gasteiger partial charge in [0, 0.05) is 30.4 Å². The molecular weight excluding hydrogens is 369 g/mol. The molecule has 1 aromatic rings. The molecule has 6 heteroatoms. The van der Waals surface area contributed by atoms with Gasteiger partial charge in [0.05, 0.1) is 0 Å². The minimum absolute atomic E-state index is 0. The zero-order valence-corrected chi connectivity index (χ0v) is 17.1. The van der Waals surface area contributed by atoms with E-state index in [1.165, 1.54) is 18.5 Å². The highest BCUT2D eigenvalue weighted by atomic mass is 35.5. The summed E-state index contributed by atoms with van der Waals surface area (Å²) in [6, 6.07) is 8.39. The van der Waals surface area contributed by atoms with Gasteiger partial charge in [-0.3, -0.25) is 4.79 Å². The Morgan fingerprint density at radius 3 is 2.58 bits per heavy atom. The number of hydrogen-bond donors (Lipinski definition) is 2. The molecule has 4 rings (SSSR count). The van der Waals surface area contributed by atoms with E-state index in [0.29, 0.717) is 5.41 Å². The van der Waals surface area contributed by atoms with Gasteiger partial charge < -0.3 is 15.5 Å². The van der Waals surface area contributed by atoms with Crippen LogP contribution in [0.4, 0.5) is 11.4 Å². The lowest BCUT2D eigenvalue weighted by molar-refractivity contribution is -0.118. The molecule has 0 bridgehead atoms. The molecule has 1 spiro atoms. The van der Waals surface area contributed by atoms with E-state index < -0.39 is 0 Å². The quantitative estimate of drug-likeness (QED) is 0.803. The van der Waals surface area contributed by atoms with Crippen LogP contribution in [-0.4, -0.2) is 32.1 Å². The van der Waals surface area contributed by atoms with Crippen molar-refractivity contribution in [1.82, 2.24) is 5.32 Å². The molecule has 1 unspecified atom stereocenters. The van der Waals surface area contributed by atoms with E-state index in [2.05, 4.69) is 40.7 Å². The molecule has 26 heavy (non-hydrogen) atoms. The van der Waals surface area contributed by atoms with E-state index in [1.54, 1.807) is 0 Å². The highest BCUT2D eigenvalue weighted by Gasteiger charge is 2.57. The minimum atomic E-state index is 0. The summed E-state index contributed by atoms with van der Waals surface area (Å²) in [6.45, 7) is 6.70. The van der Waals surface area contributed by atoms with Crippen molar-refractivity contribution in [2.75, 3.05) is 36.4 Å². The fourth-order valence-electron chi connectivity index (χ4n) is 4.47. The molecule has 2 heterocycles. The number of hydrogen-bond acceptors (Lipinski definition) is 3. The predicted molar refractivity (Wildman–Crippen MR) is 113 cm³/mol. The van der Waals surface area contributed by atoms with Gasteiger partial charge in [-0.15, -0.1) is 24.8 Å². The molecule has 3 fully saturated rings. The van der Waals surface area contributed by atoms with E-state index in [-0.39, 0.29) is 36.6 Å². The van der Waals surface area contributed by atoms with Gasteiger partial charge in [0.15, 0.2) is 0 Å². The third-order valence-corrected chi connectivity index (χ3v) is 6.37. The van der Waals surface area contributed by atoms with Crippen LogP contribution in [0, 0.1) is 17.3 Å². The van der Waals surface area contributed by atoms with Crippen molar-refractivity contribution in [3.8, 4) is 0 Å². The van der Waals surface area contributed by atoms with E-state index >= 15 is 0 Å². The molecule has 2 saturated heterocycles. The number of carbonyl (C=O) groups is 1. The molecule has 1 aromatic carbocycles. The first-order valence-corrected chi connectivity index (χ1v) is 9.53. The molecule has 0 radical (unpaired) electrons. The molecule has 2 N–H and O–H groups in total. The summed E-state index contributed by atoms with van der Waals surface area (Å²) in [5, 5.41) is 6.58. The first-order chi connectivity index (χ1) is 11.7. The maximum atomic E-state index is 12.6. The summed E-state index contributed by atoms with van der Waals surface area (Å²) in [6.07, 6.45) is 5.89. The molecule has 1 aliphatic carbocycles. The van der Waals surface area contributed by atoms with Gasteiger partial charge in [-0.05, 0) is 74.7 Å². The summed E-state index contributed by atoms with van der Waals surface area (Å²) in [7, 11) is 0. The normalized spacial score (nSPS) is 24.3. The van der Waals surface area contributed by atoms with E-state index in [4.69, 9.17) is 0 Å². The third-order valence-electron chi connectivity index (χ3n) is 6.37. The van der Waals surface area contributed by atoms with Gasteiger partial charge in [0.25, 0.3) is 0 Å². The summed E-state index contributed by atoms with van der Waals surface area (Å²) >= 11 is 0. The SMILES string of the molecule is CC1CCN(c2cccc(NC(=O)C3CC34CCNCC4)c2)CC1.Cl.Cl. The zero-order chi connectivity index (χ0) is 16.6. The Kier molecular flexibility index (Phi) is 7.23. The van der Waals surface area contributed by atoms with Gasteiger partial charge in [-0.2, -0.15) is 0 Å². The Hall–Kier alpha value is -0.970. The Morgan fingerprint density at radius 1 is 1.19 bits per heavy atom. The van der Waals surface area contributed by atoms with Crippen molar-refractivity contribution in [2.24, 2.45) is 17.3 Å². The van der Waals surface area contributed by atoms with E-state index in [0.717, 1.165) is 57.0 Å². The number of amides is 1. The minimum Gasteiger partial charge on any atom is -0.371 e. The molecule has 146 valence electrons. The topological polar surface area (TPSA) is 44.4 Å². The van der Waals surface area contributed by atoms with Crippen LogP contribution in [0.25, 0.3) is 0 Å². The monoisotopic (exact) mass is 399 g/mol. The van der Waals surface area contributed by atoms with Gasteiger partial charge >= 0.3 is 0 Å². The fraction of sp³-hybridized carbons (Fsp3) is 0.650. The van der Waals surface area contributed by atoms with Crippen LogP contribution < -0.4 is 15.5 Å². The maximum absolute atomic E-state index is 12.6. The lowest BCUT2D eigenvalue weighted by Gasteiger charge is -2.32. The second-order valence-corrected chi connectivity index (χ2v) is 8.08. The average Bonchev–Trinajstić information content (AvgIpc) is 3.29. The Morgan fingerprint density at radius 2 is 1.88 bits per heavy atom. The van der Waals surface area contributed by atoms with Crippen molar-refractivity contribution in [3.63, 3.8) is 0 Å². The van der Waals surface area contributed by atoms with Crippen LogP contribution in [0.3, 0.4) is 0 Å². The van der Waals surface area contributed by atoms with Gasteiger partial charge in [0.1, 0.15) is 0 Å². The van der Waals surface area contributed by atoms with E-state index in [1.807, 2.05) is 6.07 Å². The summed E-state index contributed by atoms with van der Waals surface area (Å²) in [4.78, 5) is 15.1. The van der Waals surface area contributed by atoms with Crippen molar-refractivity contribution in [1.29, 1.82) is 0 Å². The molecule has 1 amide bonds. The second-order valence-electron chi connectivity index (χ2n) is 8.08. The maximum Gasteiger partial charge on any atom is 0.228 e. The summed E-state index contributed by atoms with van der Waals surface area (Å²) in [5.74, 6) is 1.28. The summed E-state index contributed by atoms with van der Waals surface area (Å²) < 4.78 is 0. The van der Waals surface area contributed by atoms with Crippen LogP contribution in [0.2, 0.25) is 0 Å². The molecule has 1 atom stereocenters. The number of nitrogens with zero attached hydrogens (tertiary/aromatic N) is 1. The van der Waals surface area contributed by atoms with Gasteiger partial charge in [0.2, 0.25) is 5.91 Å². The lowest BCUT2D eigenvalue weighted by Crippen LogP contribution is -2.33. The van der Waals surface area contributed by atoms with Crippen LogP contribution in [0.1, 0.15) is 39.0 Å². The number of anilines is 2. The highest BCUT2D eigenvalue weighted by Crippen LogP contribution is 2.58. The largest absolute Gasteiger partial charge is 0.371 e. The highest BCUT2D eigenvalue weighted by molar-refractivity contribution is 5.95. The molecule has 0 aromatic heterocycles. The smallest absolute Gasteiger partial charge is 0.228 e. The number of nitrogens with one attached hydrogen (secondary N) is 2. The Bertz CT molecular complexity index is 611. The van der Waals surface area contributed by atoms with Crippen molar-refractivity contribution >= 4 is 42.1 Å². The summed E-state index contributed by atoms with van der Waals surface area (Å²) in [5.41, 5.74) is 2.50. The molecule has 3 aliphatic rings. The van der Waals surface area contributed by atoms with Crippen LogP contribution >= 0.6 is 24.8 Å². The molecule has 4 nitrogen and oxygen atoms in total. The standard InChI is InChI=1S/C20H29N3O.2ClH/c1-15-5-11-23(12-6-15)17-4-2-3-16(13-17)22-19(24)18-14-20(18)7-9-21-10-8-20;;/h2-4,13,15,18,21H,5-12,14H2,1H3,(H,22,24);2*1H. The Balaban J connectivity index is 0.00000121. The van der Waals surface area contributed by atoms with Crippen LogP contribution in [0.5, 0.6) is 0 Å². The molecule has 1 saturated carbocycles. The number of carbonyl (C=O) groups excluding carboxylic acids is 1. The number of benzene rings is 1. The first kappa shape index (κ1) is 21.3. The molecular formula is C20H31Cl2N3O. The number of halogens is 2. The first-order valence-electron chi connectivity index (χ1n) is 9.53.